The van der Waals surface area contributed by atoms with Crippen LogP contribution in [0.25, 0.3) is 10.8 Å². The zero-order valence-electron chi connectivity index (χ0n) is 11.2. The first kappa shape index (κ1) is 12.5. The van der Waals surface area contributed by atoms with E-state index in [4.69, 9.17) is 0 Å². The molecule has 0 bridgehead atoms. The van der Waals surface area contributed by atoms with E-state index >= 15 is 0 Å². The molecule has 3 aromatic rings. The van der Waals surface area contributed by atoms with Crippen molar-refractivity contribution in [3.8, 4) is 0 Å². The maximum absolute atomic E-state index is 11.8. The predicted molar refractivity (Wildman–Crippen MR) is 85.5 cm³/mol. The first-order valence-corrected chi connectivity index (χ1v) is 7.80. The van der Waals surface area contributed by atoms with Crippen LogP contribution in [0.3, 0.4) is 0 Å². The summed E-state index contributed by atoms with van der Waals surface area (Å²) < 4.78 is 0. The highest BCUT2D eigenvalue weighted by Gasteiger charge is 2.26. The number of fused-ring (bicyclic) bond motifs is 2. The summed E-state index contributed by atoms with van der Waals surface area (Å²) in [5.41, 5.74) is 2.25. The largest absolute Gasteiger partial charge is 0.310 e. The fourth-order valence-corrected chi connectivity index (χ4v) is 3.89. The van der Waals surface area contributed by atoms with Crippen molar-refractivity contribution in [2.24, 2.45) is 0 Å². The molecular formula is C16H13N3OS. The number of anilines is 1. The molecule has 0 aliphatic carbocycles. The standard InChI is InChI=1S/C16H13N3OS/c20-14-9-21-15(13-8-17-19-16(13)18-14)12-7-3-5-10-4-1-2-6-11(10)12/h1-8,15H,9H2,(H2,17,18,19,20)/t15-/m0/s1. The van der Waals surface area contributed by atoms with Crippen LogP contribution in [0.2, 0.25) is 0 Å². The summed E-state index contributed by atoms with van der Waals surface area (Å²) in [7, 11) is 0. The first-order valence-electron chi connectivity index (χ1n) is 6.75. The van der Waals surface area contributed by atoms with Crippen molar-refractivity contribution >= 4 is 34.3 Å². The number of thioether (sulfide) groups is 1. The molecule has 0 fully saturated rings. The van der Waals surface area contributed by atoms with Gasteiger partial charge >= 0.3 is 0 Å². The fraction of sp³-hybridized carbons (Fsp3) is 0.125. The lowest BCUT2D eigenvalue weighted by Gasteiger charge is -2.16. The number of carbonyl (C=O) groups is 1. The van der Waals surface area contributed by atoms with Crippen molar-refractivity contribution in [3.63, 3.8) is 0 Å². The lowest BCUT2D eigenvalue weighted by atomic mass is 9.99. The smallest absolute Gasteiger partial charge is 0.235 e. The van der Waals surface area contributed by atoms with Crippen molar-refractivity contribution < 1.29 is 4.79 Å². The number of amides is 1. The molecule has 21 heavy (non-hydrogen) atoms. The molecule has 0 saturated carbocycles. The minimum absolute atomic E-state index is 0.00763. The molecule has 1 amide bonds. The molecule has 0 radical (unpaired) electrons. The number of H-pyrrole nitrogens is 1. The molecule has 0 saturated heterocycles. The van der Waals surface area contributed by atoms with Crippen LogP contribution in [0.5, 0.6) is 0 Å². The van der Waals surface area contributed by atoms with Crippen LogP contribution in [-0.2, 0) is 4.79 Å². The molecule has 1 aromatic heterocycles. The van der Waals surface area contributed by atoms with E-state index in [2.05, 4.69) is 45.8 Å². The Morgan fingerprint density at radius 2 is 1.95 bits per heavy atom. The first-order chi connectivity index (χ1) is 10.3. The second kappa shape index (κ2) is 4.93. The predicted octanol–water partition coefficient (Wildman–Crippen LogP) is 3.34. The maximum Gasteiger partial charge on any atom is 0.235 e. The van der Waals surface area contributed by atoms with E-state index in [0.717, 1.165) is 5.56 Å². The van der Waals surface area contributed by atoms with Gasteiger partial charge in [0.25, 0.3) is 0 Å². The van der Waals surface area contributed by atoms with Gasteiger partial charge < -0.3 is 5.32 Å². The Kier molecular flexibility index (Phi) is 2.93. The van der Waals surface area contributed by atoms with Gasteiger partial charge in [-0.15, -0.1) is 11.8 Å². The summed E-state index contributed by atoms with van der Waals surface area (Å²) in [6, 6.07) is 14.6. The topological polar surface area (TPSA) is 57.8 Å². The number of hydrogen-bond acceptors (Lipinski definition) is 3. The average molecular weight is 295 g/mol. The van der Waals surface area contributed by atoms with E-state index in [9.17, 15) is 4.79 Å². The Bertz CT molecular complexity index is 822. The summed E-state index contributed by atoms with van der Waals surface area (Å²) in [6.07, 6.45) is 1.81. The van der Waals surface area contributed by atoms with Crippen LogP contribution in [0.15, 0.2) is 48.7 Å². The van der Waals surface area contributed by atoms with Gasteiger partial charge in [-0.2, -0.15) is 5.10 Å². The molecule has 2 aromatic carbocycles. The Balaban J connectivity index is 1.91. The van der Waals surface area contributed by atoms with Gasteiger partial charge in [0.1, 0.15) is 5.82 Å². The minimum Gasteiger partial charge on any atom is -0.310 e. The van der Waals surface area contributed by atoms with E-state index in [1.165, 1.54) is 16.3 Å². The normalized spacial score (nSPS) is 18.1. The van der Waals surface area contributed by atoms with Gasteiger partial charge in [-0.3, -0.25) is 9.89 Å². The lowest BCUT2D eigenvalue weighted by molar-refractivity contribution is -0.113. The number of aromatic amines is 1. The van der Waals surface area contributed by atoms with Gasteiger partial charge in [0.05, 0.1) is 17.2 Å². The molecule has 104 valence electrons. The van der Waals surface area contributed by atoms with Crippen LogP contribution in [0, 0.1) is 0 Å². The van der Waals surface area contributed by atoms with Crippen molar-refractivity contribution in [1.29, 1.82) is 0 Å². The van der Waals surface area contributed by atoms with Gasteiger partial charge in [-0.05, 0) is 16.3 Å². The van der Waals surface area contributed by atoms with Crippen LogP contribution < -0.4 is 5.32 Å². The SMILES string of the molecule is O=C1CS[C@@H](c2cccc3ccccc23)c2cn[nH]c2N1. The van der Waals surface area contributed by atoms with E-state index in [-0.39, 0.29) is 11.2 Å². The summed E-state index contributed by atoms with van der Waals surface area (Å²) in [6.45, 7) is 0. The van der Waals surface area contributed by atoms with Crippen molar-refractivity contribution in [2.45, 2.75) is 5.25 Å². The Morgan fingerprint density at radius 3 is 2.90 bits per heavy atom. The minimum atomic E-state index is 0.00763. The zero-order chi connectivity index (χ0) is 14.2. The van der Waals surface area contributed by atoms with Crippen LogP contribution in [-0.4, -0.2) is 21.9 Å². The number of carbonyl (C=O) groups excluding carboxylic acids is 1. The molecule has 2 heterocycles. The number of nitrogens with zero attached hydrogens (tertiary/aromatic N) is 1. The van der Waals surface area contributed by atoms with Gasteiger partial charge in [-0.1, -0.05) is 42.5 Å². The van der Waals surface area contributed by atoms with E-state index in [1.807, 2.05) is 12.1 Å². The third-order valence-corrected chi connectivity index (χ3v) is 4.97. The highest BCUT2D eigenvalue weighted by molar-refractivity contribution is 8.00. The highest BCUT2D eigenvalue weighted by Crippen LogP contribution is 2.42. The molecule has 1 aliphatic heterocycles. The number of aromatic nitrogens is 2. The number of rotatable bonds is 1. The van der Waals surface area contributed by atoms with Crippen LogP contribution in [0.1, 0.15) is 16.4 Å². The van der Waals surface area contributed by atoms with E-state index in [1.54, 1.807) is 18.0 Å². The highest BCUT2D eigenvalue weighted by atomic mass is 32.2. The quantitative estimate of drug-likeness (QED) is 0.724. The molecule has 2 N–H and O–H groups in total. The average Bonchev–Trinajstić information content (AvgIpc) is 2.89. The lowest BCUT2D eigenvalue weighted by Crippen LogP contribution is -2.12. The molecular weight excluding hydrogens is 282 g/mol. The Morgan fingerprint density at radius 1 is 1.10 bits per heavy atom. The van der Waals surface area contributed by atoms with Crippen LogP contribution in [0.4, 0.5) is 5.82 Å². The molecule has 1 atom stereocenters. The molecule has 1 aliphatic rings. The number of nitrogens with one attached hydrogen (secondary N) is 2. The van der Waals surface area contributed by atoms with Crippen molar-refractivity contribution in [3.05, 3.63) is 59.8 Å². The number of benzene rings is 2. The van der Waals surface area contributed by atoms with E-state index < -0.39 is 0 Å². The molecule has 0 unspecified atom stereocenters. The summed E-state index contributed by atoms with van der Waals surface area (Å²) in [4.78, 5) is 11.8. The third kappa shape index (κ3) is 2.10. The molecule has 4 nitrogen and oxygen atoms in total. The third-order valence-electron chi connectivity index (χ3n) is 3.70. The Hall–Kier alpha value is -2.27. The summed E-state index contributed by atoms with van der Waals surface area (Å²) in [5.74, 6) is 1.16. The molecule has 4 rings (SSSR count). The maximum atomic E-state index is 11.8. The fourth-order valence-electron chi connectivity index (χ4n) is 2.76. The number of hydrogen-bond donors (Lipinski definition) is 2. The van der Waals surface area contributed by atoms with Gasteiger partial charge in [-0.25, -0.2) is 0 Å². The molecule has 0 spiro atoms. The molecule has 5 heteroatoms. The Labute approximate surface area is 125 Å². The van der Waals surface area contributed by atoms with Gasteiger partial charge in [0.15, 0.2) is 0 Å². The van der Waals surface area contributed by atoms with Gasteiger partial charge in [0.2, 0.25) is 5.91 Å². The second-order valence-electron chi connectivity index (χ2n) is 5.01. The van der Waals surface area contributed by atoms with Gasteiger partial charge in [0, 0.05) is 5.56 Å². The summed E-state index contributed by atoms with van der Waals surface area (Å²) >= 11 is 1.64. The summed E-state index contributed by atoms with van der Waals surface area (Å²) in [5, 5.41) is 12.4. The van der Waals surface area contributed by atoms with Crippen molar-refractivity contribution in [1.82, 2.24) is 10.2 Å². The van der Waals surface area contributed by atoms with Crippen LogP contribution >= 0.6 is 11.8 Å². The van der Waals surface area contributed by atoms with E-state index in [0.29, 0.717) is 11.6 Å². The zero-order valence-corrected chi connectivity index (χ0v) is 12.0. The monoisotopic (exact) mass is 295 g/mol. The second-order valence-corrected chi connectivity index (χ2v) is 6.10. The van der Waals surface area contributed by atoms with Crippen molar-refractivity contribution in [2.75, 3.05) is 11.1 Å².